The first-order chi connectivity index (χ1) is 11.7. The van der Waals surface area contributed by atoms with Gasteiger partial charge in [0.1, 0.15) is 5.69 Å². The van der Waals surface area contributed by atoms with E-state index in [0.717, 1.165) is 28.3 Å². The molecule has 4 rings (SSSR count). The van der Waals surface area contributed by atoms with E-state index in [1.54, 1.807) is 6.20 Å². The Labute approximate surface area is 139 Å². The highest BCUT2D eigenvalue weighted by molar-refractivity contribution is 5.75. The predicted molar refractivity (Wildman–Crippen MR) is 92.3 cm³/mol. The molecule has 6 nitrogen and oxygen atoms in total. The zero-order chi connectivity index (χ0) is 16.5. The predicted octanol–water partition coefficient (Wildman–Crippen LogP) is 3.28. The minimum absolute atomic E-state index is 0.101. The number of imidazole rings is 2. The molecule has 0 spiro atoms. The number of rotatable bonds is 4. The smallest absolute Gasteiger partial charge is 0.156 e. The highest BCUT2D eigenvalue weighted by Gasteiger charge is 2.21. The Morgan fingerprint density at radius 1 is 1.12 bits per heavy atom. The molecule has 0 aliphatic carbocycles. The molecule has 0 aliphatic heterocycles. The van der Waals surface area contributed by atoms with Crippen molar-refractivity contribution >= 4 is 0 Å². The molecule has 0 unspecified atom stereocenters. The van der Waals surface area contributed by atoms with E-state index in [1.807, 2.05) is 54.8 Å². The van der Waals surface area contributed by atoms with Crippen LogP contribution in [-0.4, -0.2) is 29.3 Å². The Kier molecular flexibility index (Phi) is 3.49. The Hall–Kier alpha value is -3.15. The molecule has 6 heteroatoms. The number of hydrogen-bond acceptors (Lipinski definition) is 3. The van der Waals surface area contributed by atoms with E-state index in [0.29, 0.717) is 0 Å². The number of aromatic nitrogens is 6. The first-order valence-corrected chi connectivity index (χ1v) is 7.84. The van der Waals surface area contributed by atoms with Crippen molar-refractivity contribution in [1.29, 1.82) is 0 Å². The normalized spacial score (nSPS) is 12.4. The number of hydrogen-bond donors (Lipinski definition) is 1. The van der Waals surface area contributed by atoms with Crippen LogP contribution < -0.4 is 0 Å². The SMILES string of the molecule is C[C@@H](c1cnn(C)c1)n1cnc(-c2ccccc2)c1-c1ncc[nH]1. The zero-order valence-corrected chi connectivity index (χ0v) is 13.6. The summed E-state index contributed by atoms with van der Waals surface area (Å²) in [7, 11) is 1.92. The number of H-pyrrole nitrogens is 1. The van der Waals surface area contributed by atoms with Gasteiger partial charge in [0, 0.05) is 36.8 Å². The fraction of sp³-hybridized carbons (Fsp3) is 0.167. The average molecular weight is 318 g/mol. The van der Waals surface area contributed by atoms with Crippen LogP contribution in [0.3, 0.4) is 0 Å². The van der Waals surface area contributed by atoms with E-state index in [-0.39, 0.29) is 6.04 Å². The summed E-state index contributed by atoms with van der Waals surface area (Å²) in [5.41, 5.74) is 4.09. The molecule has 0 fully saturated rings. The Bertz CT molecular complexity index is 933. The maximum absolute atomic E-state index is 4.67. The van der Waals surface area contributed by atoms with Gasteiger partial charge < -0.3 is 9.55 Å². The van der Waals surface area contributed by atoms with Crippen molar-refractivity contribution in [3.8, 4) is 22.8 Å². The molecule has 3 aromatic heterocycles. The third-order valence-corrected chi connectivity index (χ3v) is 4.19. The van der Waals surface area contributed by atoms with Gasteiger partial charge in [0.2, 0.25) is 0 Å². The number of aryl methyl sites for hydroxylation is 1. The summed E-state index contributed by atoms with van der Waals surface area (Å²) in [6.07, 6.45) is 9.38. The molecule has 0 aliphatic rings. The third-order valence-electron chi connectivity index (χ3n) is 4.19. The van der Waals surface area contributed by atoms with E-state index in [1.165, 1.54) is 0 Å². The van der Waals surface area contributed by atoms with Crippen LogP contribution in [0.1, 0.15) is 18.5 Å². The van der Waals surface area contributed by atoms with Crippen LogP contribution in [0.25, 0.3) is 22.8 Å². The number of benzene rings is 1. The molecule has 24 heavy (non-hydrogen) atoms. The van der Waals surface area contributed by atoms with E-state index < -0.39 is 0 Å². The summed E-state index contributed by atoms with van der Waals surface area (Å²) in [6, 6.07) is 10.3. The number of aromatic amines is 1. The second-order valence-electron chi connectivity index (χ2n) is 5.78. The summed E-state index contributed by atoms with van der Waals surface area (Å²) < 4.78 is 3.95. The minimum Gasteiger partial charge on any atom is -0.343 e. The van der Waals surface area contributed by atoms with Crippen molar-refractivity contribution < 1.29 is 0 Å². The van der Waals surface area contributed by atoms with E-state index >= 15 is 0 Å². The molecule has 0 saturated heterocycles. The zero-order valence-electron chi connectivity index (χ0n) is 13.6. The molecule has 1 atom stereocenters. The van der Waals surface area contributed by atoms with Crippen molar-refractivity contribution in [2.75, 3.05) is 0 Å². The number of nitrogens with zero attached hydrogens (tertiary/aromatic N) is 5. The summed E-state index contributed by atoms with van der Waals surface area (Å²) in [5, 5.41) is 4.28. The maximum atomic E-state index is 4.67. The lowest BCUT2D eigenvalue weighted by Gasteiger charge is -2.15. The van der Waals surface area contributed by atoms with Crippen LogP contribution >= 0.6 is 0 Å². The van der Waals surface area contributed by atoms with Gasteiger partial charge in [-0.05, 0) is 6.92 Å². The van der Waals surface area contributed by atoms with E-state index in [9.17, 15) is 0 Å². The van der Waals surface area contributed by atoms with Crippen LogP contribution in [0, 0.1) is 0 Å². The molecule has 4 aromatic rings. The van der Waals surface area contributed by atoms with E-state index in [4.69, 9.17) is 0 Å². The molecule has 0 amide bonds. The molecule has 1 N–H and O–H groups in total. The first-order valence-electron chi connectivity index (χ1n) is 7.84. The monoisotopic (exact) mass is 318 g/mol. The van der Waals surface area contributed by atoms with Crippen LogP contribution in [-0.2, 0) is 7.05 Å². The van der Waals surface area contributed by atoms with Gasteiger partial charge in [-0.25, -0.2) is 9.97 Å². The van der Waals surface area contributed by atoms with Crippen molar-refractivity contribution in [2.24, 2.45) is 7.05 Å². The summed E-state index contributed by atoms with van der Waals surface area (Å²) in [5.74, 6) is 0.807. The lowest BCUT2D eigenvalue weighted by Crippen LogP contribution is -2.07. The fourth-order valence-electron chi connectivity index (χ4n) is 2.91. The Balaban J connectivity index is 1.88. The van der Waals surface area contributed by atoms with Gasteiger partial charge in [0.25, 0.3) is 0 Å². The molecule has 0 saturated carbocycles. The molecule has 0 bridgehead atoms. The van der Waals surface area contributed by atoms with Gasteiger partial charge in [-0.15, -0.1) is 0 Å². The van der Waals surface area contributed by atoms with Gasteiger partial charge in [-0.3, -0.25) is 4.68 Å². The van der Waals surface area contributed by atoms with Gasteiger partial charge >= 0.3 is 0 Å². The molecular weight excluding hydrogens is 300 g/mol. The molecule has 1 aromatic carbocycles. The summed E-state index contributed by atoms with van der Waals surface area (Å²) in [4.78, 5) is 12.3. The molecule has 3 heterocycles. The van der Waals surface area contributed by atoms with Gasteiger partial charge in [0.15, 0.2) is 5.82 Å². The van der Waals surface area contributed by atoms with E-state index in [2.05, 4.69) is 43.7 Å². The first kappa shape index (κ1) is 14.4. The van der Waals surface area contributed by atoms with Crippen molar-refractivity contribution in [2.45, 2.75) is 13.0 Å². The van der Waals surface area contributed by atoms with Gasteiger partial charge in [-0.1, -0.05) is 30.3 Å². The number of nitrogens with one attached hydrogen (secondary N) is 1. The van der Waals surface area contributed by atoms with Gasteiger partial charge in [-0.2, -0.15) is 5.10 Å². The van der Waals surface area contributed by atoms with Crippen molar-refractivity contribution in [1.82, 2.24) is 29.3 Å². The van der Waals surface area contributed by atoms with Gasteiger partial charge in [0.05, 0.1) is 24.3 Å². The largest absolute Gasteiger partial charge is 0.343 e. The molecule has 0 radical (unpaired) electrons. The lowest BCUT2D eigenvalue weighted by molar-refractivity contribution is 0.641. The lowest BCUT2D eigenvalue weighted by atomic mass is 10.1. The Morgan fingerprint density at radius 2 is 1.96 bits per heavy atom. The highest BCUT2D eigenvalue weighted by atomic mass is 15.2. The maximum Gasteiger partial charge on any atom is 0.156 e. The van der Waals surface area contributed by atoms with Crippen molar-refractivity contribution in [3.05, 3.63) is 67.0 Å². The van der Waals surface area contributed by atoms with Crippen LogP contribution in [0.15, 0.2) is 61.4 Å². The highest BCUT2D eigenvalue weighted by Crippen LogP contribution is 2.32. The summed E-state index contributed by atoms with van der Waals surface area (Å²) >= 11 is 0. The minimum atomic E-state index is 0.101. The molecule has 120 valence electrons. The second-order valence-corrected chi connectivity index (χ2v) is 5.78. The molecular formula is C18H18N6. The fourth-order valence-corrected chi connectivity index (χ4v) is 2.91. The van der Waals surface area contributed by atoms with Crippen molar-refractivity contribution in [3.63, 3.8) is 0 Å². The van der Waals surface area contributed by atoms with Crippen LogP contribution in [0.4, 0.5) is 0 Å². The topological polar surface area (TPSA) is 64.3 Å². The Morgan fingerprint density at radius 3 is 2.62 bits per heavy atom. The van der Waals surface area contributed by atoms with Crippen LogP contribution in [0.2, 0.25) is 0 Å². The average Bonchev–Trinajstić information content (AvgIpc) is 3.34. The standard InChI is InChI=1S/C18H18N6/c1-13(15-10-22-23(2)11-15)24-12-21-16(14-6-4-3-5-7-14)17(24)18-19-8-9-20-18/h3-13H,1-2H3,(H,19,20)/t13-/m0/s1. The quantitative estimate of drug-likeness (QED) is 0.628. The third kappa shape index (κ3) is 2.42. The van der Waals surface area contributed by atoms with Crippen LogP contribution in [0.5, 0.6) is 0 Å². The second kappa shape index (κ2) is 5.81. The summed E-state index contributed by atoms with van der Waals surface area (Å²) in [6.45, 7) is 2.14.